The van der Waals surface area contributed by atoms with Crippen molar-refractivity contribution in [2.75, 3.05) is 18.9 Å². The highest BCUT2D eigenvalue weighted by atomic mass is 79.9. The Kier molecular flexibility index (Phi) is 5.89. The molecule has 3 rings (SSSR count). The highest BCUT2D eigenvalue weighted by Gasteiger charge is 2.20. The van der Waals surface area contributed by atoms with E-state index in [1.165, 1.54) is 0 Å². The van der Waals surface area contributed by atoms with E-state index in [1.54, 1.807) is 16.2 Å². The molecule has 0 bridgehead atoms. The fourth-order valence-corrected chi connectivity index (χ4v) is 3.89. The summed E-state index contributed by atoms with van der Waals surface area (Å²) in [5, 5.41) is 5.45. The lowest BCUT2D eigenvalue weighted by Gasteiger charge is -2.23. The molecule has 0 saturated carbocycles. The van der Waals surface area contributed by atoms with Crippen molar-refractivity contribution in [1.82, 2.24) is 4.90 Å². The molecular weight excluding hydrogens is 384 g/mol. The zero-order valence-electron chi connectivity index (χ0n) is 12.3. The predicted octanol–water partition coefficient (Wildman–Crippen LogP) is 4.56. The lowest BCUT2D eigenvalue weighted by atomic mass is 9.97. The van der Waals surface area contributed by atoms with Crippen molar-refractivity contribution in [2.45, 2.75) is 19.4 Å². The molecule has 2 aromatic rings. The Balaban J connectivity index is 0.00000176. The van der Waals surface area contributed by atoms with Gasteiger partial charge in [-0.1, -0.05) is 6.07 Å². The molecule has 0 atom stereocenters. The lowest BCUT2D eigenvalue weighted by Crippen LogP contribution is -2.28. The van der Waals surface area contributed by atoms with Gasteiger partial charge in [0.15, 0.2) is 0 Å². The van der Waals surface area contributed by atoms with Crippen molar-refractivity contribution in [2.24, 2.45) is 0 Å². The SMILES string of the molecule is CN(Cc1csc(Br)c1)C(=O)c1cccc2c1CCCN2.Cl. The second-order valence-corrected chi connectivity index (χ2v) is 7.57. The number of thiophene rings is 1. The predicted molar refractivity (Wildman–Crippen MR) is 98.3 cm³/mol. The minimum atomic E-state index is 0. The van der Waals surface area contributed by atoms with Crippen molar-refractivity contribution in [3.8, 4) is 0 Å². The first-order chi connectivity index (χ1) is 10.1. The molecule has 1 aromatic carbocycles. The average Bonchev–Trinajstić information content (AvgIpc) is 2.91. The van der Waals surface area contributed by atoms with Gasteiger partial charge in [-0.05, 0) is 63.5 Å². The van der Waals surface area contributed by atoms with Gasteiger partial charge in [0.2, 0.25) is 0 Å². The third kappa shape index (κ3) is 3.65. The largest absolute Gasteiger partial charge is 0.385 e. The number of rotatable bonds is 3. The summed E-state index contributed by atoms with van der Waals surface area (Å²) in [6, 6.07) is 8.02. The third-order valence-corrected chi connectivity index (χ3v) is 5.27. The van der Waals surface area contributed by atoms with Gasteiger partial charge in [-0.3, -0.25) is 4.79 Å². The van der Waals surface area contributed by atoms with Gasteiger partial charge in [-0.15, -0.1) is 23.7 Å². The summed E-state index contributed by atoms with van der Waals surface area (Å²) in [6.07, 6.45) is 2.06. The van der Waals surface area contributed by atoms with Crippen LogP contribution in [0, 0.1) is 0 Å². The highest BCUT2D eigenvalue weighted by molar-refractivity contribution is 9.11. The Morgan fingerprint density at radius 3 is 3.00 bits per heavy atom. The van der Waals surface area contributed by atoms with Crippen LogP contribution in [0.4, 0.5) is 5.69 Å². The standard InChI is InChI=1S/C16H17BrN2OS.ClH/c1-19(9-11-8-15(17)21-10-11)16(20)13-4-2-6-14-12(13)5-3-7-18-14;/h2,4,6,8,10,18H,3,5,7,9H2,1H3;1H. The Morgan fingerprint density at radius 1 is 1.45 bits per heavy atom. The van der Waals surface area contributed by atoms with E-state index >= 15 is 0 Å². The molecule has 1 aliphatic rings. The fourth-order valence-electron chi connectivity index (χ4n) is 2.69. The van der Waals surface area contributed by atoms with Crippen LogP contribution in [0.5, 0.6) is 0 Å². The molecule has 1 amide bonds. The molecule has 1 aromatic heterocycles. The smallest absolute Gasteiger partial charge is 0.254 e. The van der Waals surface area contributed by atoms with Gasteiger partial charge in [0.25, 0.3) is 5.91 Å². The zero-order valence-corrected chi connectivity index (χ0v) is 15.5. The van der Waals surface area contributed by atoms with Crippen molar-refractivity contribution in [3.63, 3.8) is 0 Å². The molecule has 0 saturated heterocycles. The van der Waals surface area contributed by atoms with E-state index in [0.717, 1.165) is 45.6 Å². The summed E-state index contributed by atoms with van der Waals surface area (Å²) in [4.78, 5) is 14.5. The summed E-state index contributed by atoms with van der Waals surface area (Å²) in [5.41, 5.74) is 4.26. The number of amides is 1. The van der Waals surface area contributed by atoms with E-state index in [0.29, 0.717) is 6.54 Å². The minimum Gasteiger partial charge on any atom is -0.385 e. The average molecular weight is 402 g/mol. The number of hydrogen-bond acceptors (Lipinski definition) is 3. The number of benzene rings is 1. The summed E-state index contributed by atoms with van der Waals surface area (Å²) in [6.45, 7) is 1.63. The number of hydrogen-bond donors (Lipinski definition) is 1. The van der Waals surface area contributed by atoms with Crippen molar-refractivity contribution < 1.29 is 4.79 Å². The molecule has 118 valence electrons. The quantitative estimate of drug-likeness (QED) is 0.817. The molecule has 0 radical (unpaired) electrons. The Labute approximate surface area is 149 Å². The summed E-state index contributed by atoms with van der Waals surface area (Å²) in [7, 11) is 1.86. The first kappa shape index (κ1) is 17.3. The van der Waals surface area contributed by atoms with Crippen LogP contribution < -0.4 is 5.32 Å². The molecule has 1 N–H and O–H groups in total. The molecule has 6 heteroatoms. The number of nitrogens with one attached hydrogen (secondary N) is 1. The third-order valence-electron chi connectivity index (χ3n) is 3.71. The van der Waals surface area contributed by atoms with E-state index in [9.17, 15) is 4.79 Å². The Hall–Kier alpha value is -1.04. The Morgan fingerprint density at radius 2 is 2.27 bits per heavy atom. The number of nitrogens with zero attached hydrogens (tertiary/aromatic N) is 1. The summed E-state index contributed by atoms with van der Waals surface area (Å²) in [5.74, 6) is 0.0953. The summed E-state index contributed by atoms with van der Waals surface area (Å²) < 4.78 is 1.10. The van der Waals surface area contributed by atoms with E-state index in [-0.39, 0.29) is 18.3 Å². The van der Waals surface area contributed by atoms with Crippen LogP contribution in [0.1, 0.15) is 27.9 Å². The van der Waals surface area contributed by atoms with Crippen LogP contribution >= 0.6 is 39.7 Å². The van der Waals surface area contributed by atoms with Crippen molar-refractivity contribution >= 4 is 51.3 Å². The minimum absolute atomic E-state index is 0. The molecule has 0 spiro atoms. The maximum Gasteiger partial charge on any atom is 0.254 e. The van der Waals surface area contributed by atoms with Gasteiger partial charge >= 0.3 is 0 Å². The molecule has 22 heavy (non-hydrogen) atoms. The molecule has 1 aliphatic heterocycles. The van der Waals surface area contributed by atoms with Gasteiger partial charge in [-0.25, -0.2) is 0 Å². The molecule has 0 unspecified atom stereocenters. The fraction of sp³-hybridized carbons (Fsp3) is 0.312. The number of carbonyl (C=O) groups excluding carboxylic acids is 1. The van der Waals surface area contributed by atoms with Crippen molar-refractivity contribution in [3.05, 3.63) is 50.1 Å². The van der Waals surface area contributed by atoms with Gasteiger partial charge in [-0.2, -0.15) is 0 Å². The number of fused-ring (bicyclic) bond motifs is 1. The maximum atomic E-state index is 12.7. The molecule has 2 heterocycles. The lowest BCUT2D eigenvalue weighted by molar-refractivity contribution is 0.0784. The number of anilines is 1. The van der Waals surface area contributed by atoms with Crippen LogP contribution in [0.3, 0.4) is 0 Å². The van der Waals surface area contributed by atoms with E-state index in [4.69, 9.17) is 0 Å². The van der Waals surface area contributed by atoms with Gasteiger partial charge in [0, 0.05) is 31.4 Å². The summed E-state index contributed by atoms with van der Waals surface area (Å²) >= 11 is 5.11. The normalized spacial score (nSPS) is 12.8. The Bertz CT molecular complexity index is 674. The molecule has 0 fully saturated rings. The van der Waals surface area contributed by atoms with Crippen LogP contribution in [0.2, 0.25) is 0 Å². The zero-order chi connectivity index (χ0) is 14.8. The van der Waals surface area contributed by atoms with Crippen LogP contribution in [-0.4, -0.2) is 24.4 Å². The van der Waals surface area contributed by atoms with Gasteiger partial charge < -0.3 is 10.2 Å². The number of halogens is 2. The van der Waals surface area contributed by atoms with E-state index in [2.05, 4.69) is 38.8 Å². The first-order valence-corrected chi connectivity index (χ1v) is 8.66. The van der Waals surface area contributed by atoms with Gasteiger partial charge in [0.1, 0.15) is 0 Å². The van der Waals surface area contributed by atoms with Crippen LogP contribution in [0.15, 0.2) is 33.4 Å². The van der Waals surface area contributed by atoms with Crippen LogP contribution in [-0.2, 0) is 13.0 Å². The molecule has 3 nitrogen and oxygen atoms in total. The maximum absolute atomic E-state index is 12.7. The second-order valence-electron chi connectivity index (χ2n) is 5.28. The van der Waals surface area contributed by atoms with Crippen molar-refractivity contribution in [1.29, 1.82) is 0 Å². The van der Waals surface area contributed by atoms with E-state index in [1.807, 2.05) is 19.2 Å². The molecular formula is C16H18BrClN2OS. The van der Waals surface area contributed by atoms with Crippen LogP contribution in [0.25, 0.3) is 0 Å². The van der Waals surface area contributed by atoms with E-state index < -0.39 is 0 Å². The second kappa shape index (κ2) is 7.49. The number of carbonyl (C=O) groups is 1. The van der Waals surface area contributed by atoms with Gasteiger partial charge in [0.05, 0.1) is 3.79 Å². The highest BCUT2D eigenvalue weighted by Crippen LogP contribution is 2.27. The first-order valence-electron chi connectivity index (χ1n) is 6.99. The molecule has 0 aliphatic carbocycles. The topological polar surface area (TPSA) is 32.3 Å². The monoisotopic (exact) mass is 400 g/mol.